The molecule has 0 fully saturated rings. The molecule has 0 aliphatic rings. The zero-order valence-electron chi connectivity index (χ0n) is 3.77. The molecule has 1 heteroatoms. The third kappa shape index (κ3) is 3.52. The van der Waals surface area contributed by atoms with Gasteiger partial charge in [-0.1, -0.05) is 0 Å². The summed E-state index contributed by atoms with van der Waals surface area (Å²) < 4.78 is 0. The van der Waals surface area contributed by atoms with Gasteiger partial charge in [0.05, 0.1) is 0 Å². The molecule has 0 aromatic heterocycles. The van der Waals surface area contributed by atoms with Crippen molar-refractivity contribution in [2.24, 2.45) is 0 Å². The molecule has 1 unspecified atom stereocenters. The van der Waals surface area contributed by atoms with Gasteiger partial charge in [0.25, 0.3) is 0 Å². The van der Waals surface area contributed by atoms with Crippen molar-refractivity contribution in [1.82, 2.24) is 0 Å². The Kier molecular flexibility index (Phi) is 2.52. The average Bonchev–Trinajstić information content (AvgIpc) is 1.35. The van der Waals surface area contributed by atoms with E-state index in [1.54, 1.807) is 6.92 Å². The van der Waals surface area contributed by atoms with Crippen molar-refractivity contribution in [2.75, 3.05) is 0 Å². The SMILES string of the molecule is C#CCC(C)[O]. The van der Waals surface area contributed by atoms with Gasteiger partial charge in [-0.05, 0) is 6.92 Å². The van der Waals surface area contributed by atoms with Crippen molar-refractivity contribution >= 4 is 0 Å². The Labute approximate surface area is 38.0 Å². The lowest BCUT2D eigenvalue weighted by molar-refractivity contribution is 0.110. The summed E-state index contributed by atoms with van der Waals surface area (Å²) in [5.41, 5.74) is 0. The third-order valence-corrected chi connectivity index (χ3v) is 0.405. The smallest absolute Gasteiger partial charge is 0.101 e. The number of hydrogen-bond acceptors (Lipinski definition) is 0. The van der Waals surface area contributed by atoms with Crippen LogP contribution < -0.4 is 0 Å². The molecular formula is C5H7O. The fraction of sp³-hybridized carbons (Fsp3) is 0.600. The summed E-state index contributed by atoms with van der Waals surface area (Å²) in [6.07, 6.45) is 4.54. The van der Waals surface area contributed by atoms with Gasteiger partial charge in [0, 0.05) is 6.42 Å². The second-order valence-electron chi connectivity index (χ2n) is 1.22. The lowest BCUT2D eigenvalue weighted by atomic mass is 10.3. The van der Waals surface area contributed by atoms with E-state index in [9.17, 15) is 5.11 Å². The molecule has 0 aliphatic carbocycles. The Hall–Kier alpha value is -0.480. The molecule has 0 spiro atoms. The van der Waals surface area contributed by atoms with Gasteiger partial charge >= 0.3 is 0 Å². The van der Waals surface area contributed by atoms with Crippen LogP contribution in [0.1, 0.15) is 13.3 Å². The summed E-state index contributed by atoms with van der Waals surface area (Å²) in [6.45, 7) is 1.56. The van der Waals surface area contributed by atoms with Gasteiger partial charge in [-0.15, -0.1) is 12.3 Å². The number of hydrogen-bond donors (Lipinski definition) is 0. The Morgan fingerprint density at radius 1 is 2.00 bits per heavy atom. The minimum absolute atomic E-state index is 0.347. The molecule has 0 N–H and O–H groups in total. The van der Waals surface area contributed by atoms with Crippen LogP contribution in [0.3, 0.4) is 0 Å². The predicted octanol–water partition coefficient (Wildman–Crippen LogP) is 0.829. The normalized spacial score (nSPS) is 12.8. The molecule has 0 amide bonds. The van der Waals surface area contributed by atoms with E-state index >= 15 is 0 Å². The van der Waals surface area contributed by atoms with E-state index in [-0.39, 0.29) is 0 Å². The largest absolute Gasteiger partial charge is 0.232 e. The Morgan fingerprint density at radius 3 is 2.50 bits per heavy atom. The van der Waals surface area contributed by atoms with E-state index in [2.05, 4.69) is 5.92 Å². The molecule has 0 heterocycles. The summed E-state index contributed by atoms with van der Waals surface area (Å²) in [5.74, 6) is 2.25. The van der Waals surface area contributed by atoms with Crippen LogP contribution in [0.2, 0.25) is 0 Å². The first-order valence-corrected chi connectivity index (χ1v) is 1.86. The molecule has 0 saturated heterocycles. The quantitative estimate of drug-likeness (QED) is 0.418. The lowest BCUT2D eigenvalue weighted by Crippen LogP contribution is -1.92. The Morgan fingerprint density at radius 2 is 2.50 bits per heavy atom. The van der Waals surface area contributed by atoms with Crippen LogP contribution in [0.5, 0.6) is 0 Å². The van der Waals surface area contributed by atoms with Crippen LogP contribution in [0.4, 0.5) is 0 Å². The molecule has 0 bridgehead atoms. The van der Waals surface area contributed by atoms with E-state index in [0.717, 1.165) is 0 Å². The van der Waals surface area contributed by atoms with Gasteiger partial charge in [0.2, 0.25) is 0 Å². The second kappa shape index (κ2) is 2.74. The molecule has 6 heavy (non-hydrogen) atoms. The van der Waals surface area contributed by atoms with Crippen molar-refractivity contribution < 1.29 is 5.11 Å². The summed E-state index contributed by atoms with van der Waals surface area (Å²) in [7, 11) is 0. The summed E-state index contributed by atoms with van der Waals surface area (Å²) in [4.78, 5) is 0. The predicted molar refractivity (Wildman–Crippen MR) is 23.6 cm³/mol. The highest BCUT2D eigenvalue weighted by Gasteiger charge is 1.88. The van der Waals surface area contributed by atoms with E-state index in [1.807, 2.05) is 0 Å². The fourth-order valence-electron chi connectivity index (χ4n) is 0.166. The van der Waals surface area contributed by atoms with Crippen LogP contribution in [0, 0.1) is 12.3 Å². The lowest BCUT2D eigenvalue weighted by Gasteiger charge is -1.86. The van der Waals surface area contributed by atoms with Crippen LogP contribution in [-0.4, -0.2) is 6.10 Å². The minimum atomic E-state index is -0.588. The van der Waals surface area contributed by atoms with Crippen molar-refractivity contribution in [1.29, 1.82) is 0 Å². The van der Waals surface area contributed by atoms with E-state index in [4.69, 9.17) is 6.42 Å². The standard InChI is InChI=1S/C5H7O/c1-3-4-5(2)6/h1,5H,4H2,2H3. The van der Waals surface area contributed by atoms with E-state index < -0.39 is 6.10 Å². The van der Waals surface area contributed by atoms with Crippen LogP contribution >= 0.6 is 0 Å². The van der Waals surface area contributed by atoms with Crippen molar-refractivity contribution in [3.8, 4) is 12.3 Å². The molecule has 0 aromatic rings. The maximum Gasteiger partial charge on any atom is 0.101 e. The molecule has 1 nitrogen and oxygen atoms in total. The monoisotopic (exact) mass is 83.0 g/mol. The van der Waals surface area contributed by atoms with Crippen molar-refractivity contribution in [2.45, 2.75) is 19.4 Å². The first-order chi connectivity index (χ1) is 2.77. The van der Waals surface area contributed by atoms with Gasteiger partial charge in [-0.25, -0.2) is 5.11 Å². The maximum absolute atomic E-state index is 9.98. The first-order valence-electron chi connectivity index (χ1n) is 1.86. The topological polar surface area (TPSA) is 19.9 Å². The Balaban J connectivity index is 2.88. The fourth-order valence-corrected chi connectivity index (χ4v) is 0.166. The van der Waals surface area contributed by atoms with Crippen LogP contribution in [0.25, 0.3) is 0 Å². The van der Waals surface area contributed by atoms with Gasteiger partial charge < -0.3 is 0 Å². The number of terminal acetylenes is 1. The van der Waals surface area contributed by atoms with Crippen molar-refractivity contribution in [3.63, 3.8) is 0 Å². The minimum Gasteiger partial charge on any atom is -0.232 e. The molecule has 0 aromatic carbocycles. The van der Waals surface area contributed by atoms with Gasteiger partial charge in [0.1, 0.15) is 6.10 Å². The second-order valence-corrected chi connectivity index (χ2v) is 1.22. The molecule has 33 valence electrons. The summed E-state index contributed by atoms with van der Waals surface area (Å²) >= 11 is 0. The third-order valence-electron chi connectivity index (χ3n) is 0.405. The van der Waals surface area contributed by atoms with Crippen LogP contribution in [0.15, 0.2) is 0 Å². The zero-order chi connectivity index (χ0) is 4.99. The molecular weight excluding hydrogens is 76.1 g/mol. The molecule has 0 saturated carbocycles. The van der Waals surface area contributed by atoms with Gasteiger partial charge in [0.15, 0.2) is 0 Å². The van der Waals surface area contributed by atoms with E-state index in [1.165, 1.54) is 0 Å². The molecule has 1 radical (unpaired) electrons. The van der Waals surface area contributed by atoms with Crippen molar-refractivity contribution in [3.05, 3.63) is 0 Å². The highest BCUT2D eigenvalue weighted by atomic mass is 16.3. The molecule has 0 aliphatic heterocycles. The highest BCUT2D eigenvalue weighted by molar-refractivity contribution is 4.85. The molecule has 0 rings (SSSR count). The number of rotatable bonds is 1. The first kappa shape index (κ1) is 5.52. The van der Waals surface area contributed by atoms with E-state index in [0.29, 0.717) is 6.42 Å². The van der Waals surface area contributed by atoms with Gasteiger partial charge in [-0.3, -0.25) is 0 Å². The summed E-state index contributed by atoms with van der Waals surface area (Å²) in [5, 5.41) is 9.98. The van der Waals surface area contributed by atoms with Gasteiger partial charge in [-0.2, -0.15) is 0 Å². The van der Waals surface area contributed by atoms with Crippen LogP contribution in [-0.2, 0) is 5.11 Å². The zero-order valence-corrected chi connectivity index (χ0v) is 3.77. The maximum atomic E-state index is 9.98. The highest BCUT2D eigenvalue weighted by Crippen LogP contribution is 1.83. The molecule has 1 atom stereocenters. The summed E-state index contributed by atoms with van der Waals surface area (Å²) in [6, 6.07) is 0. The average molecular weight is 83.1 g/mol. The Bertz CT molecular complexity index is 58.8.